The van der Waals surface area contributed by atoms with Gasteiger partial charge in [-0.1, -0.05) is 42.2 Å². The van der Waals surface area contributed by atoms with Gasteiger partial charge in [0.1, 0.15) is 15.8 Å². The quantitative estimate of drug-likeness (QED) is 0.317. The number of rotatable bonds is 6. The predicted octanol–water partition coefficient (Wildman–Crippen LogP) is 3.73. The van der Waals surface area contributed by atoms with E-state index < -0.39 is 0 Å². The van der Waals surface area contributed by atoms with Gasteiger partial charge in [-0.3, -0.25) is 18.9 Å². The highest BCUT2D eigenvalue weighted by Gasteiger charge is 2.31. The number of carbonyl (C=O) groups is 1. The smallest absolute Gasteiger partial charge is 0.267 e. The van der Waals surface area contributed by atoms with E-state index in [2.05, 4.69) is 16.9 Å². The lowest BCUT2D eigenvalue weighted by atomic mass is 10.2. The van der Waals surface area contributed by atoms with E-state index in [1.807, 2.05) is 31.2 Å². The van der Waals surface area contributed by atoms with Gasteiger partial charge in [0.15, 0.2) is 11.5 Å². The Kier molecular flexibility index (Phi) is 5.84. The highest BCUT2D eigenvalue weighted by Crippen LogP contribution is 2.34. The summed E-state index contributed by atoms with van der Waals surface area (Å²) in [7, 11) is 0. The Labute approximate surface area is 204 Å². The fourth-order valence-electron chi connectivity index (χ4n) is 3.68. The number of carbonyl (C=O) groups excluding carboxylic acids is 1. The van der Waals surface area contributed by atoms with Crippen molar-refractivity contribution in [1.29, 1.82) is 0 Å². The maximum Gasteiger partial charge on any atom is 0.267 e. The Balaban J connectivity index is 1.55. The molecular weight excluding hydrogens is 472 g/mol. The molecule has 2 aliphatic heterocycles. The van der Waals surface area contributed by atoms with E-state index in [-0.39, 0.29) is 23.8 Å². The van der Waals surface area contributed by atoms with Crippen LogP contribution in [0.3, 0.4) is 0 Å². The summed E-state index contributed by atoms with van der Waals surface area (Å²) in [4.78, 5) is 32.8. The van der Waals surface area contributed by atoms with Crippen molar-refractivity contribution >= 4 is 51.7 Å². The Morgan fingerprint density at radius 3 is 2.88 bits per heavy atom. The summed E-state index contributed by atoms with van der Waals surface area (Å²) in [6.45, 7) is 6.48. The number of aryl methyl sites for hydroxylation is 1. The number of pyridine rings is 1. The van der Waals surface area contributed by atoms with E-state index in [1.54, 1.807) is 24.4 Å². The van der Waals surface area contributed by atoms with Gasteiger partial charge in [-0.05, 0) is 42.3 Å². The van der Waals surface area contributed by atoms with Gasteiger partial charge in [-0.2, -0.15) is 0 Å². The Bertz CT molecular complexity index is 1450. The third kappa shape index (κ3) is 4.06. The summed E-state index contributed by atoms with van der Waals surface area (Å²) in [5.74, 6) is 1.49. The fourth-order valence-corrected chi connectivity index (χ4v) is 4.93. The number of nitrogens with one attached hydrogen (secondary N) is 1. The first-order chi connectivity index (χ1) is 16.4. The normalized spacial score (nSPS) is 16.0. The van der Waals surface area contributed by atoms with Crippen LogP contribution in [0.2, 0.25) is 0 Å². The van der Waals surface area contributed by atoms with E-state index in [1.165, 1.54) is 9.30 Å². The molecule has 2 aliphatic rings. The molecule has 0 unspecified atom stereocenters. The van der Waals surface area contributed by atoms with Gasteiger partial charge in [0.05, 0.1) is 10.5 Å². The number of fused-ring (bicyclic) bond motifs is 2. The first kappa shape index (κ1) is 22.2. The lowest BCUT2D eigenvalue weighted by Gasteiger charge is -2.12. The minimum atomic E-state index is -0.282. The highest BCUT2D eigenvalue weighted by molar-refractivity contribution is 8.26. The van der Waals surface area contributed by atoms with Gasteiger partial charge < -0.3 is 14.8 Å². The van der Waals surface area contributed by atoms with E-state index in [0.717, 1.165) is 22.9 Å². The van der Waals surface area contributed by atoms with Crippen molar-refractivity contribution in [1.82, 2.24) is 14.3 Å². The first-order valence-electron chi connectivity index (χ1n) is 10.5. The lowest BCUT2D eigenvalue weighted by molar-refractivity contribution is -0.121. The van der Waals surface area contributed by atoms with Crippen molar-refractivity contribution in [2.45, 2.75) is 13.5 Å². The van der Waals surface area contributed by atoms with Crippen molar-refractivity contribution in [2.75, 3.05) is 18.7 Å². The number of anilines is 1. The summed E-state index contributed by atoms with van der Waals surface area (Å²) in [6, 6.07) is 9.32. The molecule has 34 heavy (non-hydrogen) atoms. The van der Waals surface area contributed by atoms with Gasteiger partial charge in [-0.25, -0.2) is 4.98 Å². The molecule has 1 saturated heterocycles. The zero-order valence-electron chi connectivity index (χ0n) is 18.2. The average Bonchev–Trinajstić information content (AvgIpc) is 3.40. The number of thioether (sulfide) groups is 1. The second kappa shape index (κ2) is 8.96. The molecule has 0 spiro atoms. The molecule has 10 heteroatoms. The molecule has 0 saturated carbocycles. The van der Waals surface area contributed by atoms with E-state index in [4.69, 9.17) is 21.7 Å². The van der Waals surface area contributed by atoms with Crippen LogP contribution in [0.5, 0.6) is 11.5 Å². The average molecular weight is 493 g/mol. The minimum absolute atomic E-state index is 0.197. The second-order valence-electron chi connectivity index (χ2n) is 7.74. The van der Waals surface area contributed by atoms with Crippen molar-refractivity contribution in [2.24, 2.45) is 0 Å². The monoisotopic (exact) mass is 492 g/mol. The van der Waals surface area contributed by atoms with Crippen LogP contribution in [0.4, 0.5) is 5.82 Å². The molecule has 2 aromatic heterocycles. The number of benzene rings is 1. The van der Waals surface area contributed by atoms with Crippen LogP contribution in [-0.2, 0) is 11.3 Å². The molecular formula is C24H20N4O4S2. The number of amides is 1. The molecule has 172 valence electrons. The molecule has 1 amide bonds. The summed E-state index contributed by atoms with van der Waals surface area (Å²) >= 11 is 6.49. The number of hydrogen-bond donors (Lipinski definition) is 1. The zero-order chi connectivity index (χ0) is 23.8. The van der Waals surface area contributed by atoms with Crippen molar-refractivity contribution in [3.05, 3.63) is 81.1 Å². The minimum Gasteiger partial charge on any atom is -0.454 e. The Morgan fingerprint density at radius 2 is 2.06 bits per heavy atom. The van der Waals surface area contributed by atoms with Crippen LogP contribution in [0, 0.1) is 6.92 Å². The van der Waals surface area contributed by atoms with E-state index in [0.29, 0.717) is 45.3 Å². The van der Waals surface area contributed by atoms with Gasteiger partial charge in [0, 0.05) is 19.3 Å². The summed E-state index contributed by atoms with van der Waals surface area (Å²) < 4.78 is 12.7. The third-order valence-corrected chi connectivity index (χ3v) is 6.74. The molecule has 1 N–H and O–H groups in total. The van der Waals surface area contributed by atoms with Crippen LogP contribution in [0.1, 0.15) is 16.7 Å². The van der Waals surface area contributed by atoms with Crippen molar-refractivity contribution in [3.63, 3.8) is 0 Å². The SMILES string of the molecule is C=CCN1C(=O)/C(=C\c2c(NCc3ccc4c(c3)OCO4)nc3ccc(C)cn3c2=O)SC1=S. The van der Waals surface area contributed by atoms with Crippen LogP contribution >= 0.6 is 24.0 Å². The maximum absolute atomic E-state index is 13.5. The summed E-state index contributed by atoms with van der Waals surface area (Å²) in [6.07, 6.45) is 4.91. The number of aromatic nitrogens is 2. The van der Waals surface area contributed by atoms with Crippen molar-refractivity contribution in [3.8, 4) is 11.5 Å². The van der Waals surface area contributed by atoms with Crippen LogP contribution in [0.15, 0.2) is 58.9 Å². The van der Waals surface area contributed by atoms with Crippen molar-refractivity contribution < 1.29 is 14.3 Å². The Morgan fingerprint density at radius 1 is 1.24 bits per heavy atom. The number of thiocarbonyl (C=S) groups is 1. The number of hydrogen-bond acceptors (Lipinski definition) is 8. The summed E-state index contributed by atoms with van der Waals surface area (Å²) in [5.41, 5.74) is 2.35. The molecule has 1 aromatic carbocycles. The second-order valence-corrected chi connectivity index (χ2v) is 9.41. The zero-order valence-corrected chi connectivity index (χ0v) is 19.9. The summed E-state index contributed by atoms with van der Waals surface area (Å²) in [5, 5.41) is 3.26. The number of ether oxygens (including phenoxy) is 2. The molecule has 5 rings (SSSR count). The van der Waals surface area contributed by atoms with Gasteiger partial charge in [-0.15, -0.1) is 6.58 Å². The van der Waals surface area contributed by atoms with E-state index >= 15 is 0 Å². The van der Waals surface area contributed by atoms with Gasteiger partial charge in [0.2, 0.25) is 6.79 Å². The highest BCUT2D eigenvalue weighted by atomic mass is 32.2. The number of nitrogens with zero attached hydrogens (tertiary/aromatic N) is 3. The fraction of sp³-hybridized carbons (Fsp3) is 0.167. The largest absolute Gasteiger partial charge is 0.454 e. The topological polar surface area (TPSA) is 85.2 Å². The van der Waals surface area contributed by atoms with Gasteiger partial charge >= 0.3 is 0 Å². The molecule has 0 aliphatic carbocycles. The first-order valence-corrected chi connectivity index (χ1v) is 11.7. The molecule has 0 atom stereocenters. The lowest BCUT2D eigenvalue weighted by Crippen LogP contribution is -2.28. The van der Waals surface area contributed by atoms with Gasteiger partial charge in [0.25, 0.3) is 11.5 Å². The third-order valence-electron chi connectivity index (χ3n) is 5.36. The van der Waals surface area contributed by atoms with E-state index in [9.17, 15) is 9.59 Å². The van der Waals surface area contributed by atoms with Crippen LogP contribution < -0.4 is 20.3 Å². The Hall–Kier alpha value is -3.63. The van der Waals surface area contributed by atoms with Crippen LogP contribution in [-0.4, -0.2) is 37.8 Å². The predicted molar refractivity (Wildman–Crippen MR) is 136 cm³/mol. The molecule has 0 bridgehead atoms. The molecule has 3 aromatic rings. The molecule has 4 heterocycles. The molecule has 8 nitrogen and oxygen atoms in total. The van der Waals surface area contributed by atoms with Crippen LogP contribution in [0.25, 0.3) is 11.7 Å². The molecule has 0 radical (unpaired) electrons. The standard InChI is InChI=1S/C24H20N4O4S2/c1-3-8-27-23(30)19(34-24(27)33)10-16-21(26-20-7-4-14(2)12-28(20)22(16)29)25-11-15-5-6-17-18(9-15)32-13-31-17/h3-7,9-10,12,25H,1,8,11,13H2,2H3/b19-10+. The molecule has 1 fully saturated rings. The maximum atomic E-state index is 13.5.